The van der Waals surface area contributed by atoms with Crippen LogP contribution in [-0.4, -0.2) is 34.8 Å². The van der Waals surface area contributed by atoms with Gasteiger partial charge in [0.2, 0.25) is 5.91 Å². The van der Waals surface area contributed by atoms with Gasteiger partial charge >= 0.3 is 6.03 Å². The van der Waals surface area contributed by atoms with Crippen molar-refractivity contribution in [1.82, 2.24) is 10.2 Å². The molecule has 4 saturated carbocycles. The summed E-state index contributed by atoms with van der Waals surface area (Å²) in [5.41, 5.74) is 0.698. The molecule has 5 fully saturated rings. The minimum Gasteiger partial charge on any atom is -0.378 e. The van der Waals surface area contributed by atoms with Gasteiger partial charge in [0.15, 0.2) is 0 Å². The van der Waals surface area contributed by atoms with Crippen molar-refractivity contribution in [3.8, 4) is 0 Å². The zero-order chi connectivity index (χ0) is 25.1. The highest BCUT2D eigenvalue weighted by Gasteiger charge is 2.51. The first kappa shape index (κ1) is 23.0. The fraction of sp³-hybridized carbons (Fsp3) is 0.464. The molecule has 0 spiro atoms. The normalized spacial score (nSPS) is 32.5. The lowest BCUT2D eigenvalue weighted by atomic mass is 9.53. The summed E-state index contributed by atoms with van der Waals surface area (Å²) in [5, 5.41) is 9.37. The molecule has 2 aromatic carbocycles. The van der Waals surface area contributed by atoms with Crippen LogP contribution in [0, 0.1) is 23.6 Å². The Morgan fingerprint density at radius 2 is 1.56 bits per heavy atom. The highest BCUT2D eigenvalue weighted by Crippen LogP contribution is 2.56. The van der Waals surface area contributed by atoms with Gasteiger partial charge in [-0.15, -0.1) is 0 Å². The summed E-state index contributed by atoms with van der Waals surface area (Å²) in [5.74, 6) is 0.939. The summed E-state index contributed by atoms with van der Waals surface area (Å²) in [6, 6.07) is 12.4. The number of urea groups is 1. The molecular formula is C28H31FN4O3. The van der Waals surface area contributed by atoms with Gasteiger partial charge in [-0.1, -0.05) is 24.3 Å². The van der Waals surface area contributed by atoms with Crippen molar-refractivity contribution in [3.63, 3.8) is 0 Å². The predicted octanol–water partition coefficient (Wildman–Crippen LogP) is 4.61. The number of amides is 4. The van der Waals surface area contributed by atoms with Crippen molar-refractivity contribution < 1.29 is 18.8 Å². The quantitative estimate of drug-likeness (QED) is 0.516. The van der Waals surface area contributed by atoms with Crippen molar-refractivity contribution in [2.45, 2.75) is 56.5 Å². The second-order valence-electron chi connectivity index (χ2n) is 11.4. The maximum absolute atomic E-state index is 13.4. The average molecular weight is 491 g/mol. The Morgan fingerprint density at radius 1 is 0.972 bits per heavy atom. The molecule has 1 unspecified atom stereocenters. The standard InChI is InChI=1S/C28H31FN4O3/c1-27(20-6-8-21(29)9-7-20)25(35)33(26(36)32-27)16-24(34)30-22-4-2-3-5-23(22)31-28-13-17-10-18(14-28)12-19(11-17)15-28/h2-9,17-19,31H,10-16H2,1H3,(H,30,34)(H,32,36). The number of rotatable bonds is 6. The predicted molar refractivity (Wildman–Crippen MR) is 134 cm³/mol. The molecule has 2 aromatic rings. The van der Waals surface area contributed by atoms with Gasteiger partial charge in [-0.2, -0.15) is 0 Å². The molecule has 3 N–H and O–H groups in total. The fourth-order valence-electron chi connectivity index (χ4n) is 7.40. The van der Waals surface area contributed by atoms with Crippen molar-refractivity contribution in [1.29, 1.82) is 0 Å². The lowest BCUT2D eigenvalue weighted by molar-refractivity contribution is -0.133. The zero-order valence-electron chi connectivity index (χ0n) is 20.4. The van der Waals surface area contributed by atoms with Crippen molar-refractivity contribution in [3.05, 3.63) is 59.9 Å². The molecule has 7 rings (SSSR count). The number of benzene rings is 2. The first-order valence-electron chi connectivity index (χ1n) is 12.8. The molecular weight excluding hydrogens is 459 g/mol. The second-order valence-corrected chi connectivity index (χ2v) is 11.4. The molecule has 4 amide bonds. The molecule has 1 aliphatic heterocycles. The number of hydrogen-bond acceptors (Lipinski definition) is 4. The monoisotopic (exact) mass is 490 g/mol. The SMILES string of the molecule is CC1(c2ccc(F)cc2)NC(=O)N(CC(=O)Nc2ccccc2NC23CC4CC(CC(C4)C2)C3)C1=O. The highest BCUT2D eigenvalue weighted by molar-refractivity contribution is 6.10. The van der Waals surface area contributed by atoms with Gasteiger partial charge in [0.1, 0.15) is 17.9 Å². The van der Waals surface area contributed by atoms with Crippen LogP contribution < -0.4 is 16.0 Å². The molecule has 4 bridgehead atoms. The maximum atomic E-state index is 13.4. The molecule has 1 heterocycles. The molecule has 36 heavy (non-hydrogen) atoms. The number of para-hydroxylation sites is 2. The number of carbonyl (C=O) groups is 3. The molecule has 1 atom stereocenters. The Hall–Kier alpha value is -3.42. The van der Waals surface area contributed by atoms with Crippen LogP contribution in [0.1, 0.15) is 51.0 Å². The van der Waals surface area contributed by atoms with E-state index in [2.05, 4.69) is 16.0 Å². The minimum atomic E-state index is -1.36. The van der Waals surface area contributed by atoms with E-state index in [0.29, 0.717) is 11.3 Å². The van der Waals surface area contributed by atoms with E-state index in [1.165, 1.54) is 62.8 Å². The van der Waals surface area contributed by atoms with Crippen LogP contribution in [0.25, 0.3) is 0 Å². The van der Waals surface area contributed by atoms with E-state index in [-0.39, 0.29) is 5.54 Å². The molecule has 5 aliphatic rings. The smallest absolute Gasteiger partial charge is 0.325 e. The van der Waals surface area contributed by atoms with Crippen molar-refractivity contribution in [2.75, 3.05) is 17.2 Å². The number of carbonyl (C=O) groups excluding carboxylic acids is 3. The van der Waals surface area contributed by atoms with Crippen LogP contribution in [-0.2, 0) is 15.1 Å². The molecule has 0 aromatic heterocycles. The van der Waals surface area contributed by atoms with Gasteiger partial charge in [0, 0.05) is 5.54 Å². The lowest BCUT2D eigenvalue weighted by Crippen LogP contribution is -2.54. The van der Waals surface area contributed by atoms with E-state index >= 15 is 0 Å². The third-order valence-corrected chi connectivity index (χ3v) is 8.64. The van der Waals surface area contributed by atoms with E-state index in [0.717, 1.165) is 28.3 Å². The average Bonchev–Trinajstić information content (AvgIpc) is 3.03. The van der Waals surface area contributed by atoms with Gasteiger partial charge in [-0.05, 0) is 93.0 Å². The first-order chi connectivity index (χ1) is 17.2. The van der Waals surface area contributed by atoms with Crippen LogP contribution in [0.2, 0.25) is 0 Å². The summed E-state index contributed by atoms with van der Waals surface area (Å²) in [6.45, 7) is 1.15. The Morgan fingerprint density at radius 3 is 2.17 bits per heavy atom. The molecule has 1 saturated heterocycles. The lowest BCUT2D eigenvalue weighted by Gasteiger charge is -2.57. The van der Waals surface area contributed by atoms with Crippen molar-refractivity contribution in [2.24, 2.45) is 17.8 Å². The molecule has 7 nitrogen and oxygen atoms in total. The van der Waals surface area contributed by atoms with E-state index in [1.54, 1.807) is 6.92 Å². The molecule has 0 radical (unpaired) electrons. The van der Waals surface area contributed by atoms with Crippen LogP contribution in [0.4, 0.5) is 20.6 Å². The van der Waals surface area contributed by atoms with Crippen LogP contribution >= 0.6 is 0 Å². The van der Waals surface area contributed by atoms with Gasteiger partial charge in [0.25, 0.3) is 5.91 Å². The number of imide groups is 1. The second kappa shape index (κ2) is 8.32. The number of hydrogen-bond donors (Lipinski definition) is 3. The topological polar surface area (TPSA) is 90.5 Å². The van der Waals surface area contributed by atoms with E-state index in [4.69, 9.17) is 0 Å². The number of nitrogens with one attached hydrogen (secondary N) is 3. The number of nitrogens with zero attached hydrogens (tertiary/aromatic N) is 1. The number of halogens is 1. The van der Waals surface area contributed by atoms with Crippen LogP contribution in [0.15, 0.2) is 48.5 Å². The fourth-order valence-corrected chi connectivity index (χ4v) is 7.40. The molecule has 188 valence electrons. The molecule has 4 aliphatic carbocycles. The summed E-state index contributed by atoms with van der Waals surface area (Å²) in [4.78, 5) is 39.7. The maximum Gasteiger partial charge on any atom is 0.325 e. The Labute approximate surface area is 209 Å². The van der Waals surface area contributed by atoms with Gasteiger partial charge in [0.05, 0.1) is 11.4 Å². The first-order valence-corrected chi connectivity index (χ1v) is 12.8. The Bertz CT molecular complexity index is 1190. The third kappa shape index (κ3) is 3.92. The third-order valence-electron chi connectivity index (χ3n) is 8.64. The van der Waals surface area contributed by atoms with E-state index in [9.17, 15) is 18.8 Å². The molecule has 8 heteroatoms. The van der Waals surface area contributed by atoms with Crippen LogP contribution in [0.5, 0.6) is 0 Å². The summed E-state index contributed by atoms with van der Waals surface area (Å²) in [6.07, 6.45) is 7.56. The van der Waals surface area contributed by atoms with Crippen LogP contribution in [0.3, 0.4) is 0 Å². The van der Waals surface area contributed by atoms with Gasteiger partial charge in [-0.25, -0.2) is 9.18 Å². The summed E-state index contributed by atoms with van der Waals surface area (Å²) >= 11 is 0. The summed E-state index contributed by atoms with van der Waals surface area (Å²) < 4.78 is 13.4. The number of anilines is 2. The Balaban J connectivity index is 1.16. The van der Waals surface area contributed by atoms with E-state index < -0.39 is 35.7 Å². The van der Waals surface area contributed by atoms with Gasteiger partial charge in [-0.3, -0.25) is 14.5 Å². The summed E-state index contributed by atoms with van der Waals surface area (Å²) in [7, 11) is 0. The highest BCUT2D eigenvalue weighted by atomic mass is 19.1. The zero-order valence-corrected chi connectivity index (χ0v) is 20.4. The Kier molecular flexibility index (Phi) is 5.32. The van der Waals surface area contributed by atoms with Crippen molar-refractivity contribution >= 4 is 29.2 Å². The largest absolute Gasteiger partial charge is 0.378 e. The van der Waals surface area contributed by atoms with Gasteiger partial charge < -0.3 is 16.0 Å². The van der Waals surface area contributed by atoms with E-state index in [1.807, 2.05) is 24.3 Å². The minimum absolute atomic E-state index is 0.0807.